The van der Waals surface area contributed by atoms with Crippen LogP contribution in [0.4, 0.5) is 0 Å². The number of morpholine rings is 1. The molecule has 1 saturated heterocycles. The van der Waals surface area contributed by atoms with Crippen LogP contribution in [0.2, 0.25) is 0 Å². The van der Waals surface area contributed by atoms with Gasteiger partial charge >= 0.3 is 5.97 Å². The van der Waals surface area contributed by atoms with E-state index in [0.29, 0.717) is 35.7 Å². The molecular formula is C20H18N2O5. The number of carbonyl (C=O) groups excluding carboxylic acids is 1. The Hall–Kier alpha value is -3.19. The fourth-order valence-corrected chi connectivity index (χ4v) is 3.30. The third-order valence-corrected chi connectivity index (χ3v) is 4.55. The fraction of sp³-hybridized carbons (Fsp3) is 0.250. The zero-order chi connectivity index (χ0) is 18.8. The van der Waals surface area contributed by atoms with Gasteiger partial charge in [-0.1, -0.05) is 18.2 Å². The lowest BCUT2D eigenvalue weighted by molar-refractivity contribution is -0.141. The Morgan fingerprint density at radius 3 is 2.85 bits per heavy atom. The largest absolute Gasteiger partial charge is 0.481 e. The predicted octanol–water partition coefficient (Wildman–Crippen LogP) is 2.81. The molecule has 3 heterocycles. The molecule has 1 fully saturated rings. The molecule has 3 aromatic rings. The van der Waals surface area contributed by atoms with Crippen LogP contribution < -0.4 is 0 Å². The van der Waals surface area contributed by atoms with Crippen LogP contribution in [-0.4, -0.2) is 52.7 Å². The summed E-state index contributed by atoms with van der Waals surface area (Å²) < 4.78 is 10.9. The molecule has 1 N–H and O–H groups in total. The van der Waals surface area contributed by atoms with Crippen LogP contribution in [0.15, 0.2) is 53.1 Å². The van der Waals surface area contributed by atoms with Gasteiger partial charge in [-0.3, -0.25) is 9.59 Å². The summed E-state index contributed by atoms with van der Waals surface area (Å²) in [4.78, 5) is 30.4. The molecule has 0 bridgehead atoms. The molecule has 7 nitrogen and oxygen atoms in total. The number of rotatable bonds is 4. The van der Waals surface area contributed by atoms with E-state index in [4.69, 9.17) is 14.3 Å². The van der Waals surface area contributed by atoms with Crippen molar-refractivity contribution in [2.75, 3.05) is 19.7 Å². The average Bonchev–Trinajstić information content (AvgIpc) is 3.21. The summed E-state index contributed by atoms with van der Waals surface area (Å²) in [5.41, 5.74) is 1.80. The van der Waals surface area contributed by atoms with Crippen LogP contribution in [-0.2, 0) is 9.53 Å². The zero-order valence-corrected chi connectivity index (χ0v) is 14.5. The Balaban J connectivity index is 1.71. The van der Waals surface area contributed by atoms with E-state index in [1.54, 1.807) is 29.4 Å². The Kier molecular flexibility index (Phi) is 4.60. The van der Waals surface area contributed by atoms with Crippen molar-refractivity contribution >= 4 is 22.8 Å². The van der Waals surface area contributed by atoms with Crippen molar-refractivity contribution in [3.63, 3.8) is 0 Å². The number of carbonyl (C=O) groups is 2. The maximum absolute atomic E-state index is 13.2. The topological polar surface area (TPSA) is 92.9 Å². The van der Waals surface area contributed by atoms with Crippen molar-refractivity contribution in [1.82, 2.24) is 9.88 Å². The molecule has 1 aromatic carbocycles. The highest BCUT2D eigenvalue weighted by molar-refractivity contribution is 6.07. The van der Waals surface area contributed by atoms with E-state index in [-0.39, 0.29) is 18.9 Å². The van der Waals surface area contributed by atoms with E-state index in [2.05, 4.69) is 4.98 Å². The summed E-state index contributed by atoms with van der Waals surface area (Å²) in [7, 11) is 0. The summed E-state index contributed by atoms with van der Waals surface area (Å²) >= 11 is 0. The maximum atomic E-state index is 13.2. The third-order valence-electron chi connectivity index (χ3n) is 4.55. The molecule has 1 amide bonds. The lowest BCUT2D eigenvalue weighted by atomic mass is 10.0. The normalized spacial score (nSPS) is 17.2. The Morgan fingerprint density at radius 2 is 2.07 bits per heavy atom. The van der Waals surface area contributed by atoms with Gasteiger partial charge in [-0.25, -0.2) is 4.98 Å². The summed E-state index contributed by atoms with van der Waals surface area (Å²) in [6, 6.07) is 12.7. The van der Waals surface area contributed by atoms with Gasteiger partial charge in [-0.2, -0.15) is 0 Å². The molecule has 1 unspecified atom stereocenters. The van der Waals surface area contributed by atoms with Crippen molar-refractivity contribution in [3.05, 3.63) is 54.3 Å². The van der Waals surface area contributed by atoms with Crippen molar-refractivity contribution in [2.24, 2.45) is 0 Å². The predicted molar refractivity (Wildman–Crippen MR) is 97.3 cm³/mol. The van der Waals surface area contributed by atoms with Crippen LogP contribution in [0, 0.1) is 0 Å². The number of para-hydroxylation sites is 1. The number of aliphatic carboxylic acids is 1. The van der Waals surface area contributed by atoms with E-state index in [1.807, 2.05) is 24.3 Å². The van der Waals surface area contributed by atoms with Crippen molar-refractivity contribution in [3.8, 4) is 11.5 Å². The monoisotopic (exact) mass is 366 g/mol. The molecule has 0 aliphatic carbocycles. The molecule has 138 valence electrons. The summed E-state index contributed by atoms with van der Waals surface area (Å²) in [5.74, 6) is -0.524. The minimum absolute atomic E-state index is 0.126. The average molecular weight is 366 g/mol. The quantitative estimate of drug-likeness (QED) is 0.763. The molecule has 27 heavy (non-hydrogen) atoms. The van der Waals surface area contributed by atoms with Gasteiger partial charge < -0.3 is 19.2 Å². The molecule has 1 aliphatic rings. The van der Waals surface area contributed by atoms with Gasteiger partial charge in [0.05, 0.1) is 36.5 Å². The molecule has 0 spiro atoms. The van der Waals surface area contributed by atoms with Gasteiger partial charge in [-0.15, -0.1) is 0 Å². The van der Waals surface area contributed by atoms with E-state index >= 15 is 0 Å². The first-order valence-electron chi connectivity index (χ1n) is 8.68. The van der Waals surface area contributed by atoms with Crippen LogP contribution >= 0.6 is 0 Å². The summed E-state index contributed by atoms with van der Waals surface area (Å²) in [6.45, 7) is 0.983. The highest BCUT2D eigenvalue weighted by Gasteiger charge is 2.28. The smallest absolute Gasteiger partial charge is 0.306 e. The standard InChI is InChI=1S/C20H18N2O5/c23-19(24)10-13-12-22(7-9-26-13)20(25)15-11-17(18-6-3-8-27-18)21-16-5-2-1-4-14(15)16/h1-6,8,11,13H,7,9-10,12H2,(H,23,24). The number of carboxylic acid groups (broad SMARTS) is 1. The number of carboxylic acids is 1. The van der Waals surface area contributed by atoms with E-state index in [0.717, 1.165) is 5.39 Å². The number of nitrogens with zero attached hydrogens (tertiary/aromatic N) is 2. The highest BCUT2D eigenvalue weighted by atomic mass is 16.5. The van der Waals surface area contributed by atoms with Gasteiger partial charge in [0.15, 0.2) is 5.76 Å². The first kappa shape index (κ1) is 17.2. The number of benzene rings is 1. The maximum Gasteiger partial charge on any atom is 0.306 e. The lowest BCUT2D eigenvalue weighted by Gasteiger charge is -2.32. The number of hydrogen-bond acceptors (Lipinski definition) is 5. The first-order chi connectivity index (χ1) is 13.1. The van der Waals surface area contributed by atoms with Crippen LogP contribution in [0.5, 0.6) is 0 Å². The fourth-order valence-electron chi connectivity index (χ4n) is 3.30. The number of amides is 1. The van der Waals surface area contributed by atoms with Gasteiger partial charge in [0.2, 0.25) is 0 Å². The molecule has 4 rings (SSSR count). The Morgan fingerprint density at radius 1 is 1.22 bits per heavy atom. The second-order valence-corrected chi connectivity index (χ2v) is 6.39. The molecule has 1 atom stereocenters. The number of pyridine rings is 1. The molecule has 7 heteroatoms. The number of ether oxygens (including phenoxy) is 1. The number of aromatic nitrogens is 1. The number of furan rings is 1. The van der Waals surface area contributed by atoms with E-state index in [1.165, 1.54) is 0 Å². The molecule has 1 aliphatic heterocycles. The van der Waals surface area contributed by atoms with Gasteiger partial charge in [0.25, 0.3) is 5.91 Å². The Bertz CT molecular complexity index is 983. The second-order valence-electron chi connectivity index (χ2n) is 6.39. The molecular weight excluding hydrogens is 348 g/mol. The van der Waals surface area contributed by atoms with Crippen LogP contribution in [0.25, 0.3) is 22.4 Å². The van der Waals surface area contributed by atoms with Gasteiger partial charge in [0.1, 0.15) is 5.69 Å². The highest BCUT2D eigenvalue weighted by Crippen LogP contribution is 2.26. The zero-order valence-electron chi connectivity index (χ0n) is 14.5. The Labute approximate surface area is 155 Å². The third kappa shape index (κ3) is 3.54. The summed E-state index contributed by atoms with van der Waals surface area (Å²) in [6.07, 6.45) is 0.933. The van der Waals surface area contributed by atoms with Crippen LogP contribution in [0.3, 0.4) is 0 Å². The molecule has 0 radical (unpaired) electrons. The minimum atomic E-state index is -0.941. The first-order valence-corrected chi connectivity index (χ1v) is 8.68. The molecule has 0 saturated carbocycles. The van der Waals surface area contributed by atoms with Gasteiger partial charge in [-0.05, 0) is 24.3 Å². The van der Waals surface area contributed by atoms with Crippen molar-refractivity contribution in [1.29, 1.82) is 0 Å². The van der Waals surface area contributed by atoms with E-state index in [9.17, 15) is 9.59 Å². The lowest BCUT2D eigenvalue weighted by Crippen LogP contribution is -2.46. The summed E-state index contributed by atoms with van der Waals surface area (Å²) in [5, 5.41) is 9.74. The van der Waals surface area contributed by atoms with E-state index < -0.39 is 12.1 Å². The number of hydrogen-bond donors (Lipinski definition) is 1. The molecule has 2 aromatic heterocycles. The SMILES string of the molecule is O=C(O)CC1CN(C(=O)c2cc(-c3ccco3)nc3ccccc23)CCO1. The van der Waals surface area contributed by atoms with Gasteiger partial charge in [0, 0.05) is 18.5 Å². The minimum Gasteiger partial charge on any atom is -0.481 e. The van der Waals surface area contributed by atoms with Crippen molar-refractivity contribution in [2.45, 2.75) is 12.5 Å². The van der Waals surface area contributed by atoms with Crippen molar-refractivity contribution < 1.29 is 23.8 Å². The van der Waals surface area contributed by atoms with Crippen LogP contribution in [0.1, 0.15) is 16.8 Å². The number of fused-ring (bicyclic) bond motifs is 1. The second kappa shape index (κ2) is 7.20.